The number of amides is 2. The Morgan fingerprint density at radius 2 is 2.00 bits per heavy atom. The van der Waals surface area contributed by atoms with E-state index in [2.05, 4.69) is 27.5 Å². The van der Waals surface area contributed by atoms with Crippen LogP contribution < -0.4 is 21.1 Å². The van der Waals surface area contributed by atoms with Gasteiger partial charge in [-0.05, 0) is 49.9 Å². The Morgan fingerprint density at radius 1 is 1.24 bits per heavy atom. The summed E-state index contributed by atoms with van der Waals surface area (Å²) in [6.07, 6.45) is 1.95. The van der Waals surface area contributed by atoms with Crippen LogP contribution in [0.3, 0.4) is 0 Å². The van der Waals surface area contributed by atoms with Crippen molar-refractivity contribution in [1.82, 2.24) is 9.97 Å². The van der Waals surface area contributed by atoms with Gasteiger partial charge in [-0.25, -0.2) is 4.79 Å². The fourth-order valence-corrected chi connectivity index (χ4v) is 4.25. The van der Waals surface area contributed by atoms with E-state index in [4.69, 9.17) is 4.74 Å². The first kappa shape index (κ1) is 22.5. The highest BCUT2D eigenvalue weighted by Gasteiger charge is 2.35. The lowest BCUT2D eigenvalue weighted by Crippen LogP contribution is -2.40. The molecule has 1 aromatic heterocycles. The molecule has 2 aliphatic heterocycles. The van der Waals surface area contributed by atoms with Gasteiger partial charge in [0.25, 0.3) is 5.56 Å². The number of fused-ring (bicyclic) bond motifs is 1. The van der Waals surface area contributed by atoms with Gasteiger partial charge in [-0.3, -0.25) is 19.4 Å². The summed E-state index contributed by atoms with van der Waals surface area (Å²) in [6.45, 7) is 5.66. The van der Waals surface area contributed by atoms with E-state index in [0.29, 0.717) is 23.1 Å². The molecule has 1 fully saturated rings. The van der Waals surface area contributed by atoms with Crippen LogP contribution in [0.2, 0.25) is 0 Å². The molecule has 33 heavy (non-hydrogen) atoms. The van der Waals surface area contributed by atoms with Crippen molar-refractivity contribution in [1.29, 1.82) is 0 Å². The third-order valence-electron chi connectivity index (χ3n) is 5.88. The van der Waals surface area contributed by atoms with Gasteiger partial charge in [0.05, 0.1) is 23.7 Å². The second-order valence-electron chi connectivity index (χ2n) is 8.44. The monoisotopic (exact) mass is 453 g/mol. The predicted octanol–water partition coefficient (Wildman–Crippen LogP) is 2.25. The minimum atomic E-state index is -0.982. The first-order chi connectivity index (χ1) is 15.9. The SMILES string of the molecule is CCOC(=O)c1ccc(NC(=O)C2CC(=O)Nc3nc(N4CCCC(C)C4)[nH]c(=O)c32)cc1. The van der Waals surface area contributed by atoms with Crippen LogP contribution in [0.5, 0.6) is 0 Å². The Hall–Kier alpha value is -3.69. The topological polar surface area (TPSA) is 133 Å². The van der Waals surface area contributed by atoms with Crippen LogP contribution in [-0.2, 0) is 14.3 Å². The number of ether oxygens (including phenoxy) is 1. The van der Waals surface area contributed by atoms with E-state index in [0.717, 1.165) is 25.9 Å². The molecule has 2 atom stereocenters. The molecule has 2 aliphatic rings. The summed E-state index contributed by atoms with van der Waals surface area (Å²) in [5.41, 5.74) is 0.497. The quantitative estimate of drug-likeness (QED) is 0.591. The van der Waals surface area contributed by atoms with Gasteiger partial charge < -0.3 is 20.3 Å². The number of anilines is 3. The smallest absolute Gasteiger partial charge is 0.338 e. The number of H-pyrrole nitrogens is 1. The fourth-order valence-electron chi connectivity index (χ4n) is 4.25. The molecule has 3 heterocycles. The summed E-state index contributed by atoms with van der Waals surface area (Å²) in [7, 11) is 0. The average Bonchev–Trinajstić information content (AvgIpc) is 2.78. The molecule has 1 aromatic carbocycles. The zero-order chi connectivity index (χ0) is 23.5. The van der Waals surface area contributed by atoms with Crippen molar-refractivity contribution in [3.63, 3.8) is 0 Å². The van der Waals surface area contributed by atoms with Crippen LogP contribution in [0.4, 0.5) is 17.5 Å². The molecule has 0 spiro atoms. The van der Waals surface area contributed by atoms with E-state index >= 15 is 0 Å². The third kappa shape index (κ3) is 4.89. The highest BCUT2D eigenvalue weighted by Crippen LogP contribution is 2.31. The van der Waals surface area contributed by atoms with E-state index in [-0.39, 0.29) is 30.3 Å². The minimum absolute atomic E-state index is 0.126. The number of carbonyl (C=O) groups excluding carboxylic acids is 3. The number of aromatic amines is 1. The molecule has 0 radical (unpaired) electrons. The fraction of sp³-hybridized carbons (Fsp3) is 0.435. The van der Waals surface area contributed by atoms with Crippen LogP contribution in [-0.4, -0.2) is 47.4 Å². The Balaban J connectivity index is 1.56. The molecule has 0 saturated carbocycles. The summed E-state index contributed by atoms with van der Waals surface area (Å²) >= 11 is 0. The van der Waals surface area contributed by atoms with Crippen molar-refractivity contribution in [2.24, 2.45) is 5.92 Å². The average molecular weight is 453 g/mol. The normalized spacial score (nSPS) is 19.9. The van der Waals surface area contributed by atoms with E-state index in [1.165, 1.54) is 12.1 Å². The molecule has 0 aliphatic carbocycles. The predicted molar refractivity (Wildman–Crippen MR) is 122 cm³/mol. The number of rotatable bonds is 5. The number of hydrogen-bond acceptors (Lipinski definition) is 7. The number of piperidine rings is 1. The molecule has 10 nitrogen and oxygen atoms in total. The summed E-state index contributed by atoms with van der Waals surface area (Å²) < 4.78 is 4.95. The van der Waals surface area contributed by atoms with E-state index < -0.39 is 23.4 Å². The molecule has 3 N–H and O–H groups in total. The number of hydrogen-bond donors (Lipinski definition) is 3. The van der Waals surface area contributed by atoms with Crippen molar-refractivity contribution >= 4 is 35.2 Å². The molecule has 10 heteroatoms. The van der Waals surface area contributed by atoms with Crippen molar-refractivity contribution in [3.05, 3.63) is 45.7 Å². The van der Waals surface area contributed by atoms with Crippen LogP contribution in [0, 0.1) is 5.92 Å². The van der Waals surface area contributed by atoms with Crippen molar-refractivity contribution in [3.8, 4) is 0 Å². The van der Waals surface area contributed by atoms with Crippen LogP contribution >= 0.6 is 0 Å². The zero-order valence-corrected chi connectivity index (χ0v) is 18.6. The number of esters is 1. The molecular formula is C23H27N5O5. The van der Waals surface area contributed by atoms with Crippen LogP contribution in [0.15, 0.2) is 29.1 Å². The first-order valence-electron chi connectivity index (χ1n) is 11.1. The van der Waals surface area contributed by atoms with Gasteiger partial charge in [-0.15, -0.1) is 0 Å². The highest BCUT2D eigenvalue weighted by molar-refractivity contribution is 6.04. The maximum absolute atomic E-state index is 13.0. The van der Waals surface area contributed by atoms with Crippen LogP contribution in [0.25, 0.3) is 0 Å². The number of carbonyl (C=O) groups is 3. The minimum Gasteiger partial charge on any atom is -0.462 e. The van der Waals surface area contributed by atoms with Gasteiger partial charge in [0.1, 0.15) is 5.82 Å². The standard InChI is InChI=1S/C23H27N5O5/c1-3-33-22(32)14-6-8-15(9-7-14)24-20(30)16-11-17(29)25-19-18(16)21(31)27-23(26-19)28-10-4-5-13(2)12-28/h6-9,13,16H,3-5,10-12H2,1-2H3,(H,24,30)(H2,25,26,27,29,31). The lowest BCUT2D eigenvalue weighted by molar-refractivity contribution is -0.123. The van der Waals surface area contributed by atoms with Gasteiger partial charge in [-0.1, -0.05) is 6.92 Å². The zero-order valence-electron chi connectivity index (χ0n) is 18.6. The van der Waals surface area contributed by atoms with E-state index in [1.807, 2.05) is 4.90 Å². The molecular weight excluding hydrogens is 426 g/mol. The molecule has 174 valence electrons. The summed E-state index contributed by atoms with van der Waals surface area (Å²) in [4.78, 5) is 59.3. The first-order valence-corrected chi connectivity index (χ1v) is 11.1. The highest BCUT2D eigenvalue weighted by atomic mass is 16.5. The van der Waals surface area contributed by atoms with E-state index in [1.54, 1.807) is 19.1 Å². The lowest BCUT2D eigenvalue weighted by Gasteiger charge is -2.32. The molecule has 0 bridgehead atoms. The summed E-state index contributed by atoms with van der Waals surface area (Å²) in [6, 6.07) is 6.21. The Kier molecular flexibility index (Phi) is 6.43. The molecule has 2 amide bonds. The second-order valence-corrected chi connectivity index (χ2v) is 8.44. The van der Waals surface area contributed by atoms with Gasteiger partial charge in [0, 0.05) is 25.2 Å². The van der Waals surface area contributed by atoms with Gasteiger partial charge in [0.15, 0.2) is 0 Å². The number of nitrogens with one attached hydrogen (secondary N) is 3. The number of aromatic nitrogens is 2. The molecule has 4 rings (SSSR count). The van der Waals surface area contributed by atoms with E-state index in [9.17, 15) is 19.2 Å². The maximum atomic E-state index is 13.0. The van der Waals surface area contributed by atoms with Gasteiger partial charge in [-0.2, -0.15) is 4.98 Å². The largest absolute Gasteiger partial charge is 0.462 e. The van der Waals surface area contributed by atoms with Crippen molar-refractivity contribution in [2.45, 2.75) is 39.0 Å². The van der Waals surface area contributed by atoms with Crippen molar-refractivity contribution in [2.75, 3.05) is 35.2 Å². The molecule has 2 unspecified atom stereocenters. The third-order valence-corrected chi connectivity index (χ3v) is 5.88. The Morgan fingerprint density at radius 3 is 2.70 bits per heavy atom. The van der Waals surface area contributed by atoms with Crippen LogP contribution in [0.1, 0.15) is 54.9 Å². The Labute approximate surface area is 190 Å². The number of benzene rings is 1. The second kappa shape index (κ2) is 9.43. The van der Waals surface area contributed by atoms with Gasteiger partial charge in [0.2, 0.25) is 17.8 Å². The molecule has 2 aromatic rings. The summed E-state index contributed by atoms with van der Waals surface area (Å²) in [5.74, 6) is -1.31. The summed E-state index contributed by atoms with van der Waals surface area (Å²) in [5, 5.41) is 5.36. The number of nitrogens with zero attached hydrogens (tertiary/aromatic N) is 2. The van der Waals surface area contributed by atoms with Gasteiger partial charge >= 0.3 is 5.97 Å². The van der Waals surface area contributed by atoms with Crippen molar-refractivity contribution < 1.29 is 19.1 Å². The lowest BCUT2D eigenvalue weighted by atomic mass is 9.92. The maximum Gasteiger partial charge on any atom is 0.338 e. The Bertz CT molecular complexity index is 1130. The molecule has 1 saturated heterocycles.